The molecular formula is C24H23F3N2O2. The standard InChI is InChI=1S/C24H23F3N2O2/c25-24(26,27)20-7-9-22(10-8-20)31-16-21(30)15-29-14-19-5-2-1-4-17(19)12-23(29)18-6-3-11-28-13-18/h1-11,13,21,23,30H,12,14-16H2. The molecule has 1 aromatic heterocycles. The van der Waals surface area contributed by atoms with Crippen molar-refractivity contribution in [1.29, 1.82) is 0 Å². The quantitative estimate of drug-likeness (QED) is 0.621. The van der Waals surface area contributed by atoms with E-state index < -0.39 is 17.8 Å². The number of pyridine rings is 1. The lowest BCUT2D eigenvalue weighted by Crippen LogP contribution is -2.41. The van der Waals surface area contributed by atoms with E-state index in [2.05, 4.69) is 22.0 Å². The number of benzene rings is 2. The van der Waals surface area contributed by atoms with Crippen molar-refractivity contribution in [2.75, 3.05) is 13.2 Å². The lowest BCUT2D eigenvalue weighted by molar-refractivity contribution is -0.137. The van der Waals surface area contributed by atoms with Crippen molar-refractivity contribution in [3.8, 4) is 5.75 Å². The summed E-state index contributed by atoms with van der Waals surface area (Å²) in [6, 6.07) is 16.7. The normalized spacial score (nSPS) is 17.7. The lowest BCUT2D eigenvalue weighted by atomic mass is 9.90. The summed E-state index contributed by atoms with van der Waals surface area (Å²) >= 11 is 0. The molecule has 4 rings (SSSR count). The van der Waals surface area contributed by atoms with Gasteiger partial charge < -0.3 is 9.84 Å². The van der Waals surface area contributed by atoms with Gasteiger partial charge in [-0.3, -0.25) is 9.88 Å². The number of β-amino-alcohol motifs (C(OH)–C–C–N with tert-alkyl or cyclic N) is 1. The summed E-state index contributed by atoms with van der Waals surface area (Å²) in [5.74, 6) is 0.292. The molecule has 162 valence electrons. The monoisotopic (exact) mass is 428 g/mol. The molecule has 0 bridgehead atoms. The molecule has 2 heterocycles. The van der Waals surface area contributed by atoms with Gasteiger partial charge in [0.1, 0.15) is 18.5 Å². The fraction of sp³-hybridized carbons (Fsp3) is 0.292. The Labute approximate surface area is 178 Å². The lowest BCUT2D eigenvalue weighted by Gasteiger charge is -2.38. The van der Waals surface area contributed by atoms with Crippen LogP contribution in [0, 0.1) is 0 Å². The summed E-state index contributed by atoms with van der Waals surface area (Å²) in [7, 11) is 0. The Balaban J connectivity index is 1.42. The van der Waals surface area contributed by atoms with E-state index in [1.54, 1.807) is 6.20 Å². The van der Waals surface area contributed by atoms with Gasteiger partial charge in [0, 0.05) is 31.5 Å². The highest BCUT2D eigenvalue weighted by Gasteiger charge is 2.30. The molecule has 1 aliphatic heterocycles. The molecule has 3 aromatic rings. The van der Waals surface area contributed by atoms with Crippen molar-refractivity contribution in [2.24, 2.45) is 0 Å². The summed E-state index contributed by atoms with van der Waals surface area (Å²) in [6.45, 7) is 1.05. The molecule has 31 heavy (non-hydrogen) atoms. The number of aliphatic hydroxyl groups is 1. The number of aliphatic hydroxyl groups excluding tert-OH is 1. The van der Waals surface area contributed by atoms with E-state index in [0.29, 0.717) is 18.8 Å². The molecule has 0 spiro atoms. The molecule has 2 aromatic carbocycles. The van der Waals surface area contributed by atoms with Crippen LogP contribution >= 0.6 is 0 Å². The van der Waals surface area contributed by atoms with Crippen LogP contribution in [0.3, 0.4) is 0 Å². The molecule has 1 aliphatic rings. The first-order valence-electron chi connectivity index (χ1n) is 10.1. The highest BCUT2D eigenvalue weighted by atomic mass is 19.4. The van der Waals surface area contributed by atoms with Crippen LogP contribution in [0.2, 0.25) is 0 Å². The summed E-state index contributed by atoms with van der Waals surface area (Å²) in [5, 5.41) is 10.6. The van der Waals surface area contributed by atoms with Gasteiger partial charge in [-0.25, -0.2) is 0 Å². The molecule has 1 N–H and O–H groups in total. The number of alkyl halides is 3. The third kappa shape index (κ3) is 5.24. The zero-order valence-corrected chi connectivity index (χ0v) is 16.8. The second-order valence-electron chi connectivity index (χ2n) is 7.69. The molecule has 0 fully saturated rings. The maximum Gasteiger partial charge on any atom is 0.416 e. The first-order valence-corrected chi connectivity index (χ1v) is 10.1. The number of rotatable bonds is 6. The predicted molar refractivity (Wildman–Crippen MR) is 110 cm³/mol. The Kier molecular flexibility index (Phi) is 6.25. The molecule has 4 nitrogen and oxygen atoms in total. The Morgan fingerprint density at radius 2 is 1.77 bits per heavy atom. The van der Waals surface area contributed by atoms with Gasteiger partial charge in [-0.05, 0) is 53.4 Å². The van der Waals surface area contributed by atoms with Crippen molar-refractivity contribution < 1.29 is 23.0 Å². The molecule has 0 saturated carbocycles. The van der Waals surface area contributed by atoms with Crippen LogP contribution in [0.5, 0.6) is 5.75 Å². The molecule has 0 amide bonds. The van der Waals surface area contributed by atoms with Gasteiger partial charge in [0.15, 0.2) is 0 Å². The summed E-state index contributed by atoms with van der Waals surface area (Å²) in [5.41, 5.74) is 2.85. The minimum absolute atomic E-state index is 0.0106. The number of halogens is 3. The number of ether oxygens (including phenoxy) is 1. The summed E-state index contributed by atoms with van der Waals surface area (Å²) in [6.07, 6.45) is -0.793. The molecule has 2 atom stereocenters. The van der Waals surface area contributed by atoms with E-state index in [1.165, 1.54) is 23.3 Å². The minimum Gasteiger partial charge on any atom is -0.491 e. The SMILES string of the molecule is OC(COc1ccc(C(F)(F)F)cc1)CN1Cc2ccccc2CC1c1cccnc1. The van der Waals surface area contributed by atoms with Crippen LogP contribution in [-0.4, -0.2) is 34.2 Å². The molecular weight excluding hydrogens is 405 g/mol. The van der Waals surface area contributed by atoms with Gasteiger partial charge in [-0.1, -0.05) is 30.3 Å². The highest BCUT2D eigenvalue weighted by molar-refractivity contribution is 5.33. The zero-order chi connectivity index (χ0) is 21.8. The van der Waals surface area contributed by atoms with Gasteiger partial charge in [0.25, 0.3) is 0 Å². The van der Waals surface area contributed by atoms with Gasteiger partial charge >= 0.3 is 6.18 Å². The smallest absolute Gasteiger partial charge is 0.416 e. The predicted octanol–water partition coefficient (Wildman–Crippen LogP) is 4.64. The fourth-order valence-corrected chi connectivity index (χ4v) is 3.93. The van der Waals surface area contributed by atoms with Crippen molar-refractivity contribution in [2.45, 2.75) is 31.3 Å². The number of fused-ring (bicyclic) bond motifs is 1. The summed E-state index contributed by atoms with van der Waals surface area (Å²) in [4.78, 5) is 6.43. The number of hydrogen-bond acceptors (Lipinski definition) is 4. The zero-order valence-electron chi connectivity index (χ0n) is 16.8. The van der Waals surface area contributed by atoms with E-state index in [-0.39, 0.29) is 12.6 Å². The van der Waals surface area contributed by atoms with Crippen LogP contribution in [0.4, 0.5) is 13.2 Å². The number of nitrogens with zero attached hydrogens (tertiary/aromatic N) is 2. The maximum atomic E-state index is 12.7. The first kappa shape index (κ1) is 21.3. The van der Waals surface area contributed by atoms with Crippen molar-refractivity contribution >= 4 is 0 Å². The maximum absolute atomic E-state index is 12.7. The summed E-state index contributed by atoms with van der Waals surface area (Å²) < 4.78 is 43.6. The Morgan fingerprint density at radius 1 is 1.03 bits per heavy atom. The largest absolute Gasteiger partial charge is 0.491 e. The van der Waals surface area contributed by atoms with Crippen molar-refractivity contribution in [3.05, 3.63) is 95.3 Å². The van der Waals surface area contributed by atoms with Crippen LogP contribution in [-0.2, 0) is 19.1 Å². The molecule has 0 radical (unpaired) electrons. The van der Waals surface area contributed by atoms with Gasteiger partial charge in [-0.15, -0.1) is 0 Å². The molecule has 2 unspecified atom stereocenters. The third-order valence-electron chi connectivity index (χ3n) is 5.48. The molecule has 0 saturated heterocycles. The fourth-order valence-electron chi connectivity index (χ4n) is 3.93. The second-order valence-corrected chi connectivity index (χ2v) is 7.69. The van der Waals surface area contributed by atoms with Gasteiger partial charge in [-0.2, -0.15) is 13.2 Å². The van der Waals surface area contributed by atoms with E-state index in [0.717, 1.165) is 24.1 Å². The average Bonchev–Trinajstić information content (AvgIpc) is 2.77. The van der Waals surface area contributed by atoms with Gasteiger partial charge in [0.05, 0.1) is 5.56 Å². The van der Waals surface area contributed by atoms with Crippen LogP contribution in [0.1, 0.15) is 28.3 Å². The van der Waals surface area contributed by atoms with Crippen molar-refractivity contribution in [1.82, 2.24) is 9.88 Å². The molecule has 0 aliphatic carbocycles. The van der Waals surface area contributed by atoms with Gasteiger partial charge in [0.2, 0.25) is 0 Å². The average molecular weight is 428 g/mol. The van der Waals surface area contributed by atoms with Crippen LogP contribution < -0.4 is 4.74 Å². The Morgan fingerprint density at radius 3 is 2.45 bits per heavy atom. The number of hydrogen-bond donors (Lipinski definition) is 1. The van der Waals surface area contributed by atoms with Crippen molar-refractivity contribution in [3.63, 3.8) is 0 Å². The Hall–Kier alpha value is -2.90. The van der Waals surface area contributed by atoms with E-state index in [4.69, 9.17) is 4.74 Å². The second kappa shape index (κ2) is 9.08. The Bertz CT molecular complexity index is 994. The topological polar surface area (TPSA) is 45.6 Å². The van der Waals surface area contributed by atoms with E-state index in [1.807, 2.05) is 30.5 Å². The number of aromatic nitrogens is 1. The minimum atomic E-state index is -4.39. The highest BCUT2D eigenvalue weighted by Crippen LogP contribution is 2.33. The van der Waals surface area contributed by atoms with Crippen LogP contribution in [0.25, 0.3) is 0 Å². The van der Waals surface area contributed by atoms with Crippen LogP contribution in [0.15, 0.2) is 73.1 Å². The van der Waals surface area contributed by atoms with E-state index >= 15 is 0 Å². The third-order valence-corrected chi connectivity index (χ3v) is 5.48. The van der Waals surface area contributed by atoms with E-state index in [9.17, 15) is 18.3 Å². The first-order chi connectivity index (χ1) is 14.9. The molecule has 7 heteroatoms.